The molecule has 5 atom stereocenters. The van der Waals surface area contributed by atoms with E-state index in [1.54, 1.807) is 56.0 Å². The van der Waals surface area contributed by atoms with Gasteiger partial charge in [0.2, 0.25) is 5.91 Å². The number of ketones is 1. The number of hydrogen-bond donors (Lipinski definition) is 1. The number of ether oxygens (including phenoxy) is 2. The van der Waals surface area contributed by atoms with E-state index in [0.717, 1.165) is 25.7 Å². The highest BCUT2D eigenvalue weighted by Crippen LogP contribution is 2.57. The summed E-state index contributed by atoms with van der Waals surface area (Å²) >= 11 is 0. The van der Waals surface area contributed by atoms with Gasteiger partial charge in [-0.1, -0.05) is 55.3 Å². The van der Waals surface area contributed by atoms with Gasteiger partial charge in [-0.25, -0.2) is 0 Å². The SMILES string of the molecule is CC(C)(C)OC(=O)C[C@H]1CCCCC/C=C\[C@@H]2C[C@@]2(C(=O)NOc2ccccc2)CC(=O)[C@@H]2C[C@@H](Oc3nc4ccccc4o3)CN2C1=O. The fourth-order valence-corrected chi connectivity index (χ4v) is 6.95. The van der Waals surface area contributed by atoms with Gasteiger partial charge in [0.25, 0.3) is 5.91 Å². The van der Waals surface area contributed by atoms with E-state index in [1.165, 1.54) is 0 Å². The minimum atomic E-state index is -1.01. The maximum Gasteiger partial charge on any atom is 0.394 e. The number of Topliss-reactive ketones (excluding diaryl/α,β-unsaturated/α-hetero) is 1. The summed E-state index contributed by atoms with van der Waals surface area (Å²) < 4.78 is 17.6. The number of oxazole rings is 1. The van der Waals surface area contributed by atoms with Crippen molar-refractivity contribution in [3.8, 4) is 11.8 Å². The fraction of sp³-hybridized carbons (Fsp3) is 0.500. The first-order valence-corrected chi connectivity index (χ1v) is 17.3. The van der Waals surface area contributed by atoms with Gasteiger partial charge in [0.15, 0.2) is 17.1 Å². The molecule has 1 aromatic heterocycles. The zero-order valence-electron chi connectivity index (χ0n) is 28.4. The van der Waals surface area contributed by atoms with E-state index in [1.807, 2.05) is 30.3 Å². The number of amides is 2. The van der Waals surface area contributed by atoms with Gasteiger partial charge >= 0.3 is 12.0 Å². The van der Waals surface area contributed by atoms with Gasteiger partial charge in [-0.05, 0) is 76.6 Å². The van der Waals surface area contributed by atoms with E-state index in [2.05, 4.69) is 16.5 Å². The molecule has 1 aliphatic carbocycles. The first-order chi connectivity index (χ1) is 23.5. The molecule has 49 heavy (non-hydrogen) atoms. The number of rotatable bonds is 7. The van der Waals surface area contributed by atoms with E-state index in [4.69, 9.17) is 18.7 Å². The topological polar surface area (TPSA) is 137 Å². The first-order valence-electron chi connectivity index (χ1n) is 17.3. The summed E-state index contributed by atoms with van der Waals surface area (Å²) in [6, 6.07) is 15.3. The van der Waals surface area contributed by atoms with Gasteiger partial charge in [-0.3, -0.25) is 19.2 Å². The van der Waals surface area contributed by atoms with Gasteiger partial charge < -0.3 is 23.6 Å². The molecule has 2 amide bonds. The van der Waals surface area contributed by atoms with Gasteiger partial charge in [0.05, 0.1) is 24.4 Å². The molecule has 3 heterocycles. The van der Waals surface area contributed by atoms with Crippen LogP contribution in [0.1, 0.15) is 78.6 Å². The Bertz CT molecular complexity index is 1660. The maximum atomic E-state index is 14.4. The summed E-state index contributed by atoms with van der Waals surface area (Å²) in [4.78, 5) is 67.0. The fourth-order valence-electron chi connectivity index (χ4n) is 6.95. The molecule has 2 aromatic carbocycles. The predicted octanol–water partition coefficient (Wildman–Crippen LogP) is 6.12. The first kappa shape index (κ1) is 34.2. The van der Waals surface area contributed by atoms with Crippen LogP contribution in [0, 0.1) is 17.3 Å². The van der Waals surface area contributed by atoms with Crippen molar-refractivity contribution in [2.75, 3.05) is 6.54 Å². The van der Waals surface area contributed by atoms with E-state index >= 15 is 0 Å². The Hall–Kier alpha value is -4.67. The number of nitrogens with zero attached hydrogens (tertiary/aromatic N) is 2. The van der Waals surface area contributed by atoms with Gasteiger partial charge in [-0.2, -0.15) is 10.5 Å². The lowest BCUT2D eigenvalue weighted by atomic mass is 9.90. The number of aromatic nitrogens is 1. The number of hydroxylamine groups is 1. The highest BCUT2D eigenvalue weighted by Gasteiger charge is 2.61. The summed E-state index contributed by atoms with van der Waals surface area (Å²) in [5.41, 5.74) is 2.07. The van der Waals surface area contributed by atoms with Crippen LogP contribution in [0.25, 0.3) is 11.1 Å². The largest absolute Gasteiger partial charge is 0.460 e. The molecule has 6 rings (SSSR count). The highest BCUT2D eigenvalue weighted by molar-refractivity contribution is 5.97. The van der Waals surface area contributed by atoms with Crippen molar-refractivity contribution in [3.63, 3.8) is 0 Å². The van der Waals surface area contributed by atoms with Crippen molar-refractivity contribution >= 4 is 34.7 Å². The summed E-state index contributed by atoms with van der Waals surface area (Å²) in [6.07, 6.45) is 7.93. The van der Waals surface area contributed by atoms with Crippen LogP contribution in [0.5, 0.6) is 11.8 Å². The molecule has 1 saturated heterocycles. The Kier molecular flexibility index (Phi) is 10.1. The Morgan fingerprint density at radius 1 is 1.04 bits per heavy atom. The Balaban J connectivity index is 1.26. The highest BCUT2D eigenvalue weighted by atomic mass is 16.7. The number of allylic oxidation sites excluding steroid dienone is 2. The zero-order chi connectivity index (χ0) is 34.6. The molecular weight excluding hydrogens is 626 g/mol. The van der Waals surface area contributed by atoms with Crippen LogP contribution >= 0.6 is 0 Å². The molecule has 3 aliphatic rings. The molecule has 260 valence electrons. The summed E-state index contributed by atoms with van der Waals surface area (Å²) in [7, 11) is 0. The molecule has 11 heteroatoms. The van der Waals surface area contributed by atoms with Crippen molar-refractivity contribution in [3.05, 3.63) is 66.7 Å². The Morgan fingerprint density at radius 2 is 1.82 bits per heavy atom. The minimum absolute atomic E-state index is 0.0560. The van der Waals surface area contributed by atoms with Crippen molar-refractivity contribution in [1.29, 1.82) is 0 Å². The molecule has 0 radical (unpaired) electrons. The number of nitrogens with one attached hydrogen (secondary N) is 1. The van der Waals surface area contributed by atoms with Crippen LogP contribution in [-0.2, 0) is 23.9 Å². The van der Waals surface area contributed by atoms with Crippen LogP contribution in [-0.4, -0.2) is 57.7 Å². The maximum absolute atomic E-state index is 14.4. The van der Waals surface area contributed by atoms with Crippen LogP contribution in [0.4, 0.5) is 0 Å². The van der Waals surface area contributed by atoms with Crippen LogP contribution < -0.4 is 15.1 Å². The second-order valence-electron chi connectivity index (χ2n) is 14.4. The summed E-state index contributed by atoms with van der Waals surface area (Å²) in [6.45, 7) is 5.49. The Labute approximate surface area is 286 Å². The third-order valence-electron chi connectivity index (χ3n) is 9.51. The van der Waals surface area contributed by atoms with Crippen LogP contribution in [0.3, 0.4) is 0 Å². The average molecular weight is 672 g/mol. The van der Waals surface area contributed by atoms with Crippen LogP contribution in [0.15, 0.2) is 71.2 Å². The third-order valence-corrected chi connectivity index (χ3v) is 9.51. The van der Waals surface area contributed by atoms with Gasteiger partial charge in [0, 0.05) is 18.8 Å². The number of carbonyl (C=O) groups is 4. The standard InChI is InChI=1S/C38H45N3O8/c1-37(2,3)48-33(43)20-25-14-8-5-4-6-9-15-26-22-38(26,35(45)40-49-27-16-10-7-11-17-27)23-31(42)30-21-28(24-41(30)34(25)44)46-36-39-29-18-12-13-19-32(29)47-36/h7,9-13,15-19,25-26,28,30H,4-6,8,14,20-24H2,1-3H3,(H,40,45)/b15-9-/t25-,26-,28-,30+,38-/m1/s1. The zero-order valence-corrected chi connectivity index (χ0v) is 28.4. The molecule has 2 fully saturated rings. The van der Waals surface area contributed by atoms with Crippen molar-refractivity contribution in [2.24, 2.45) is 17.3 Å². The molecule has 0 spiro atoms. The number of hydrogen-bond acceptors (Lipinski definition) is 9. The number of carbonyl (C=O) groups excluding carboxylic acids is 4. The lowest BCUT2D eigenvalue weighted by Crippen LogP contribution is -2.46. The average Bonchev–Trinajstić information content (AvgIpc) is 3.36. The monoisotopic (exact) mass is 671 g/mol. The molecular formula is C38H45N3O8. The molecule has 0 unspecified atom stereocenters. The van der Waals surface area contributed by atoms with E-state index in [-0.39, 0.29) is 55.4 Å². The number of para-hydroxylation sites is 3. The normalized spacial score (nSPS) is 26.9. The van der Waals surface area contributed by atoms with Crippen molar-refractivity contribution < 1.29 is 37.9 Å². The van der Waals surface area contributed by atoms with Crippen molar-refractivity contribution in [2.45, 2.75) is 96.3 Å². The second-order valence-corrected chi connectivity index (χ2v) is 14.4. The number of esters is 1. The Morgan fingerprint density at radius 3 is 2.59 bits per heavy atom. The summed E-state index contributed by atoms with van der Waals surface area (Å²) in [5.74, 6) is -1.69. The molecule has 3 aromatic rings. The minimum Gasteiger partial charge on any atom is -0.460 e. The smallest absolute Gasteiger partial charge is 0.394 e. The molecule has 1 saturated carbocycles. The van der Waals surface area contributed by atoms with Crippen LogP contribution in [0.2, 0.25) is 0 Å². The molecule has 0 bridgehead atoms. The van der Waals surface area contributed by atoms with Gasteiger partial charge in [0.1, 0.15) is 17.2 Å². The molecule has 2 aliphatic heterocycles. The van der Waals surface area contributed by atoms with E-state index in [9.17, 15) is 19.2 Å². The molecule has 1 N–H and O–H groups in total. The third kappa shape index (κ3) is 8.32. The second kappa shape index (κ2) is 14.4. The number of fused-ring (bicyclic) bond motifs is 3. The lowest BCUT2D eigenvalue weighted by molar-refractivity contribution is -0.159. The van der Waals surface area contributed by atoms with Crippen molar-refractivity contribution in [1.82, 2.24) is 15.4 Å². The van der Waals surface area contributed by atoms with E-state index in [0.29, 0.717) is 29.7 Å². The number of benzene rings is 2. The van der Waals surface area contributed by atoms with E-state index < -0.39 is 35.0 Å². The van der Waals surface area contributed by atoms with Gasteiger partial charge in [-0.15, -0.1) is 0 Å². The molecule has 11 nitrogen and oxygen atoms in total. The quantitative estimate of drug-likeness (QED) is 0.179. The summed E-state index contributed by atoms with van der Waals surface area (Å²) in [5, 5.41) is 0. The lowest BCUT2D eigenvalue weighted by Gasteiger charge is -2.29. The predicted molar refractivity (Wildman–Crippen MR) is 180 cm³/mol.